The van der Waals surface area contributed by atoms with Crippen LogP contribution in [0.1, 0.15) is 5.56 Å². The van der Waals surface area contributed by atoms with E-state index < -0.39 is 29.1 Å². The van der Waals surface area contributed by atoms with E-state index in [-0.39, 0.29) is 15.8 Å². The molecule has 21 heavy (non-hydrogen) atoms. The van der Waals surface area contributed by atoms with Crippen LogP contribution >= 0.6 is 15.9 Å². The first-order chi connectivity index (χ1) is 9.70. The molecular weight excluding hydrogens is 359 g/mol. The molecule has 0 aliphatic heterocycles. The Kier molecular flexibility index (Phi) is 4.08. The van der Waals surface area contributed by atoms with Crippen molar-refractivity contribution in [3.05, 3.63) is 52.0 Å². The summed E-state index contributed by atoms with van der Waals surface area (Å²) < 4.78 is 64.9. The van der Waals surface area contributed by atoms with E-state index in [0.29, 0.717) is 0 Å². The first-order valence-corrected chi connectivity index (χ1v) is 6.36. The summed E-state index contributed by atoms with van der Waals surface area (Å²) in [5.74, 6) is -2.41. The summed E-state index contributed by atoms with van der Waals surface area (Å²) in [6.07, 6.45) is -4.58. The van der Waals surface area contributed by atoms with E-state index in [1.165, 1.54) is 6.07 Å². The molecule has 112 valence electrons. The van der Waals surface area contributed by atoms with Gasteiger partial charge in [0.25, 0.3) is 0 Å². The standard InChI is InChI=1S/C13H8BrF5N2/c14-8-2-1-6(5-7(8)13(17,18)19)21-12-10(20)4-3-9(15)11(12)16/h1-5,21H,20H2. The summed E-state index contributed by atoms with van der Waals surface area (Å²) in [5, 5.41) is 2.36. The third-order valence-corrected chi connectivity index (χ3v) is 3.36. The third-order valence-electron chi connectivity index (χ3n) is 2.67. The molecule has 0 unspecified atom stereocenters. The minimum absolute atomic E-state index is 0.0678. The number of nitrogens with two attached hydrogens (primary N) is 1. The van der Waals surface area contributed by atoms with Crippen molar-refractivity contribution in [1.29, 1.82) is 0 Å². The Balaban J connectivity index is 2.44. The number of anilines is 3. The van der Waals surface area contributed by atoms with Crippen LogP contribution in [0.2, 0.25) is 0 Å². The summed E-state index contributed by atoms with van der Waals surface area (Å²) in [5.41, 5.74) is 3.95. The highest BCUT2D eigenvalue weighted by molar-refractivity contribution is 9.10. The van der Waals surface area contributed by atoms with Crippen LogP contribution in [0.4, 0.5) is 39.0 Å². The molecule has 0 aromatic heterocycles. The summed E-state index contributed by atoms with van der Waals surface area (Å²) in [7, 11) is 0. The second-order valence-corrected chi connectivity index (χ2v) is 5.00. The molecule has 0 heterocycles. The third kappa shape index (κ3) is 3.26. The van der Waals surface area contributed by atoms with Crippen molar-refractivity contribution < 1.29 is 22.0 Å². The molecule has 8 heteroatoms. The van der Waals surface area contributed by atoms with Gasteiger partial charge in [0.15, 0.2) is 11.6 Å². The van der Waals surface area contributed by atoms with Crippen molar-refractivity contribution in [1.82, 2.24) is 0 Å². The van der Waals surface area contributed by atoms with Gasteiger partial charge in [0.1, 0.15) is 5.69 Å². The number of benzene rings is 2. The maximum absolute atomic E-state index is 13.6. The van der Waals surface area contributed by atoms with Gasteiger partial charge in [-0.15, -0.1) is 0 Å². The van der Waals surface area contributed by atoms with Crippen LogP contribution in [0.25, 0.3) is 0 Å². The average molecular weight is 367 g/mol. The Morgan fingerprint density at radius 3 is 2.33 bits per heavy atom. The van der Waals surface area contributed by atoms with Gasteiger partial charge < -0.3 is 11.1 Å². The normalized spacial score (nSPS) is 11.5. The highest BCUT2D eigenvalue weighted by Gasteiger charge is 2.33. The van der Waals surface area contributed by atoms with Crippen molar-refractivity contribution >= 4 is 33.0 Å². The van der Waals surface area contributed by atoms with Gasteiger partial charge in [-0.2, -0.15) is 13.2 Å². The molecule has 0 atom stereocenters. The summed E-state index contributed by atoms with van der Waals surface area (Å²) in [6, 6.07) is 5.15. The lowest BCUT2D eigenvalue weighted by molar-refractivity contribution is -0.138. The van der Waals surface area contributed by atoms with Gasteiger partial charge in [-0.05, 0) is 30.3 Å². The fourth-order valence-electron chi connectivity index (χ4n) is 1.66. The van der Waals surface area contributed by atoms with E-state index in [0.717, 1.165) is 24.3 Å². The van der Waals surface area contributed by atoms with E-state index in [2.05, 4.69) is 21.2 Å². The van der Waals surface area contributed by atoms with Crippen LogP contribution < -0.4 is 11.1 Å². The average Bonchev–Trinajstić information content (AvgIpc) is 2.40. The zero-order valence-electron chi connectivity index (χ0n) is 10.2. The van der Waals surface area contributed by atoms with Gasteiger partial charge in [0, 0.05) is 10.2 Å². The Hall–Kier alpha value is -1.83. The van der Waals surface area contributed by atoms with Gasteiger partial charge in [-0.25, -0.2) is 8.78 Å². The number of rotatable bonds is 2. The van der Waals surface area contributed by atoms with E-state index in [1.807, 2.05) is 0 Å². The first-order valence-electron chi connectivity index (χ1n) is 5.57. The molecule has 0 radical (unpaired) electrons. The molecule has 0 bridgehead atoms. The summed E-state index contributed by atoms with van der Waals surface area (Å²) in [4.78, 5) is 0. The first kappa shape index (κ1) is 15.6. The summed E-state index contributed by atoms with van der Waals surface area (Å²) in [6.45, 7) is 0. The van der Waals surface area contributed by atoms with Crippen LogP contribution in [0, 0.1) is 11.6 Å². The molecule has 0 saturated heterocycles. The van der Waals surface area contributed by atoms with E-state index in [4.69, 9.17) is 5.73 Å². The molecule has 0 fully saturated rings. The topological polar surface area (TPSA) is 38.0 Å². The zero-order valence-corrected chi connectivity index (χ0v) is 11.8. The Morgan fingerprint density at radius 1 is 1.05 bits per heavy atom. The largest absolute Gasteiger partial charge is 0.417 e. The SMILES string of the molecule is Nc1ccc(F)c(F)c1Nc1ccc(Br)c(C(F)(F)F)c1. The highest BCUT2D eigenvalue weighted by atomic mass is 79.9. The molecule has 0 spiro atoms. The predicted octanol–water partition coefficient (Wildman–Crippen LogP) is 5.07. The van der Waals surface area contributed by atoms with Gasteiger partial charge in [0.05, 0.1) is 11.3 Å². The Labute approximate surface area is 124 Å². The summed E-state index contributed by atoms with van der Waals surface area (Å²) >= 11 is 2.79. The fourth-order valence-corrected chi connectivity index (χ4v) is 2.13. The predicted molar refractivity (Wildman–Crippen MR) is 73.2 cm³/mol. The second kappa shape index (κ2) is 5.51. The Bertz CT molecular complexity index is 685. The van der Waals surface area contributed by atoms with E-state index in [9.17, 15) is 22.0 Å². The molecule has 0 aliphatic carbocycles. The highest BCUT2D eigenvalue weighted by Crippen LogP contribution is 2.37. The second-order valence-electron chi connectivity index (χ2n) is 4.14. The van der Waals surface area contributed by atoms with Crippen LogP contribution in [0.5, 0.6) is 0 Å². The molecule has 0 saturated carbocycles. The lowest BCUT2D eigenvalue weighted by atomic mass is 10.1. The van der Waals surface area contributed by atoms with E-state index >= 15 is 0 Å². The number of halogens is 6. The fraction of sp³-hybridized carbons (Fsp3) is 0.0769. The molecule has 0 amide bonds. The maximum atomic E-state index is 13.6. The lowest BCUT2D eigenvalue weighted by Gasteiger charge is -2.14. The molecule has 3 N–H and O–H groups in total. The quantitative estimate of drug-likeness (QED) is 0.575. The molecular formula is C13H8BrF5N2. The zero-order chi connectivity index (χ0) is 15.8. The molecule has 2 nitrogen and oxygen atoms in total. The van der Waals surface area contributed by atoms with Crippen molar-refractivity contribution in [2.45, 2.75) is 6.18 Å². The monoisotopic (exact) mass is 366 g/mol. The van der Waals surface area contributed by atoms with Crippen molar-refractivity contribution in [3.8, 4) is 0 Å². The number of nitrogen functional groups attached to an aromatic ring is 1. The van der Waals surface area contributed by atoms with Crippen LogP contribution in [-0.2, 0) is 6.18 Å². The van der Waals surface area contributed by atoms with Gasteiger partial charge in [0.2, 0.25) is 0 Å². The molecule has 2 aromatic carbocycles. The van der Waals surface area contributed by atoms with Crippen molar-refractivity contribution in [2.75, 3.05) is 11.1 Å². The number of nitrogens with one attached hydrogen (secondary N) is 1. The molecule has 0 aliphatic rings. The van der Waals surface area contributed by atoms with Crippen molar-refractivity contribution in [2.24, 2.45) is 0 Å². The number of hydrogen-bond acceptors (Lipinski definition) is 2. The van der Waals surface area contributed by atoms with Crippen LogP contribution in [0.15, 0.2) is 34.8 Å². The van der Waals surface area contributed by atoms with Crippen LogP contribution in [0.3, 0.4) is 0 Å². The maximum Gasteiger partial charge on any atom is 0.417 e. The number of alkyl halides is 3. The minimum Gasteiger partial charge on any atom is -0.397 e. The van der Waals surface area contributed by atoms with Gasteiger partial charge in [-0.1, -0.05) is 15.9 Å². The van der Waals surface area contributed by atoms with Gasteiger partial charge in [-0.3, -0.25) is 0 Å². The van der Waals surface area contributed by atoms with E-state index in [1.54, 1.807) is 0 Å². The smallest absolute Gasteiger partial charge is 0.397 e. The molecule has 2 aromatic rings. The van der Waals surface area contributed by atoms with Crippen molar-refractivity contribution in [3.63, 3.8) is 0 Å². The Morgan fingerprint density at radius 2 is 1.71 bits per heavy atom. The minimum atomic E-state index is -4.58. The van der Waals surface area contributed by atoms with Crippen LogP contribution in [-0.4, -0.2) is 0 Å². The molecule has 2 rings (SSSR count). The number of hydrogen-bond donors (Lipinski definition) is 2. The van der Waals surface area contributed by atoms with Gasteiger partial charge >= 0.3 is 6.18 Å². The lowest BCUT2D eigenvalue weighted by Crippen LogP contribution is -2.07.